The number of carbonyl (C=O) groups is 1. The molecule has 0 saturated heterocycles. The van der Waals surface area contributed by atoms with Crippen LogP contribution in [0.5, 0.6) is 0 Å². The van der Waals surface area contributed by atoms with Crippen LogP contribution in [0, 0.1) is 13.8 Å². The van der Waals surface area contributed by atoms with Crippen LogP contribution in [0.3, 0.4) is 0 Å². The highest BCUT2D eigenvalue weighted by atomic mass is 35.5. The van der Waals surface area contributed by atoms with Crippen LogP contribution >= 0.6 is 22.9 Å². The maximum absolute atomic E-state index is 12.2. The predicted molar refractivity (Wildman–Crippen MR) is 87.3 cm³/mol. The van der Waals surface area contributed by atoms with E-state index in [0.29, 0.717) is 16.4 Å². The fourth-order valence-corrected chi connectivity index (χ4v) is 3.11. The van der Waals surface area contributed by atoms with Crippen molar-refractivity contribution in [2.45, 2.75) is 20.0 Å². The fraction of sp³-hybridized carbons (Fsp3) is 0.312. The van der Waals surface area contributed by atoms with E-state index in [1.54, 1.807) is 7.11 Å². The van der Waals surface area contributed by atoms with Gasteiger partial charge in [0, 0.05) is 24.1 Å². The van der Waals surface area contributed by atoms with E-state index in [9.17, 15) is 4.79 Å². The third-order valence-electron chi connectivity index (χ3n) is 3.41. The summed E-state index contributed by atoms with van der Waals surface area (Å²) < 4.78 is 6.13. The van der Waals surface area contributed by atoms with Gasteiger partial charge in [0.25, 0.3) is 5.91 Å². The van der Waals surface area contributed by atoms with E-state index in [-0.39, 0.29) is 12.0 Å². The highest BCUT2D eigenvalue weighted by molar-refractivity contribution is 7.16. The number of hydrogen-bond donors (Lipinski definition) is 1. The lowest BCUT2D eigenvalue weighted by molar-refractivity contribution is 0.0837. The molecule has 1 N–H and O–H groups in total. The van der Waals surface area contributed by atoms with Crippen LogP contribution in [0.1, 0.15) is 32.5 Å². The lowest BCUT2D eigenvalue weighted by Gasteiger charge is -2.15. The Bertz CT molecular complexity index is 639. The van der Waals surface area contributed by atoms with E-state index in [0.717, 1.165) is 10.4 Å². The van der Waals surface area contributed by atoms with Crippen LogP contribution in [0.15, 0.2) is 30.3 Å². The zero-order valence-corrected chi connectivity index (χ0v) is 13.8. The first kappa shape index (κ1) is 16.0. The molecule has 2 rings (SSSR count). The highest BCUT2D eigenvalue weighted by Gasteiger charge is 2.15. The molecule has 0 aliphatic carbocycles. The largest absolute Gasteiger partial charge is 0.374 e. The molecule has 1 aromatic heterocycles. The van der Waals surface area contributed by atoms with E-state index in [1.807, 2.05) is 44.2 Å². The minimum Gasteiger partial charge on any atom is -0.374 e. The van der Waals surface area contributed by atoms with Gasteiger partial charge in [0.2, 0.25) is 0 Å². The summed E-state index contributed by atoms with van der Waals surface area (Å²) in [5, 5.41) is 2.90. The summed E-state index contributed by atoms with van der Waals surface area (Å²) in [5.74, 6) is -0.0946. The number of methoxy groups -OCH3 is 1. The molecule has 1 amide bonds. The standard InChI is InChI=1S/C16H18ClNO2S/c1-10-4-5-12(8-11(10)2)16(19)18-9-13(20-3)14-6-7-15(17)21-14/h4-8,13H,9H2,1-3H3,(H,18,19). The van der Waals surface area contributed by atoms with Gasteiger partial charge in [-0.1, -0.05) is 17.7 Å². The molecular formula is C16H18ClNO2S. The van der Waals surface area contributed by atoms with E-state index in [2.05, 4.69) is 5.32 Å². The van der Waals surface area contributed by atoms with Gasteiger partial charge in [0.05, 0.1) is 4.34 Å². The molecular weight excluding hydrogens is 306 g/mol. The Kier molecular flexibility index (Phi) is 5.39. The van der Waals surface area contributed by atoms with Gasteiger partial charge < -0.3 is 10.1 Å². The molecule has 0 saturated carbocycles. The Hall–Kier alpha value is -1.36. The Balaban J connectivity index is 2.00. The molecule has 1 unspecified atom stereocenters. The maximum atomic E-state index is 12.2. The number of nitrogens with one attached hydrogen (secondary N) is 1. The number of amides is 1. The van der Waals surface area contributed by atoms with Crippen molar-refractivity contribution in [1.29, 1.82) is 0 Å². The van der Waals surface area contributed by atoms with Gasteiger partial charge in [0.1, 0.15) is 6.10 Å². The quantitative estimate of drug-likeness (QED) is 0.898. The first-order chi connectivity index (χ1) is 10.0. The molecule has 3 nitrogen and oxygen atoms in total. The molecule has 21 heavy (non-hydrogen) atoms. The SMILES string of the molecule is COC(CNC(=O)c1ccc(C)c(C)c1)c1ccc(Cl)s1. The van der Waals surface area contributed by atoms with Crippen LogP contribution < -0.4 is 5.32 Å². The van der Waals surface area contributed by atoms with Crippen molar-refractivity contribution in [3.8, 4) is 0 Å². The molecule has 1 aromatic carbocycles. The normalized spacial score (nSPS) is 12.2. The minimum absolute atomic E-state index is 0.0946. The molecule has 1 heterocycles. The Morgan fingerprint density at radius 3 is 2.62 bits per heavy atom. The van der Waals surface area contributed by atoms with E-state index in [1.165, 1.54) is 16.9 Å². The average Bonchev–Trinajstić information content (AvgIpc) is 2.89. The summed E-state index contributed by atoms with van der Waals surface area (Å²) in [6.07, 6.45) is -0.182. The number of ether oxygens (including phenoxy) is 1. The number of carbonyl (C=O) groups excluding carboxylic acids is 1. The average molecular weight is 324 g/mol. The molecule has 0 spiro atoms. The summed E-state index contributed by atoms with van der Waals surface area (Å²) in [5.41, 5.74) is 2.95. The fourth-order valence-electron chi connectivity index (χ4n) is 1.97. The van der Waals surface area contributed by atoms with Crippen molar-refractivity contribution in [2.75, 3.05) is 13.7 Å². The van der Waals surface area contributed by atoms with E-state index < -0.39 is 0 Å². The van der Waals surface area contributed by atoms with Gasteiger partial charge in [0.15, 0.2) is 0 Å². The second-order valence-electron chi connectivity index (χ2n) is 4.88. The lowest BCUT2D eigenvalue weighted by atomic mass is 10.1. The lowest BCUT2D eigenvalue weighted by Crippen LogP contribution is -2.28. The number of aryl methyl sites for hydroxylation is 2. The number of benzene rings is 1. The van der Waals surface area contributed by atoms with Crippen LogP contribution in [-0.2, 0) is 4.74 Å². The molecule has 112 valence electrons. The van der Waals surface area contributed by atoms with Crippen molar-refractivity contribution in [1.82, 2.24) is 5.32 Å². The van der Waals surface area contributed by atoms with Crippen LogP contribution in [0.25, 0.3) is 0 Å². The maximum Gasteiger partial charge on any atom is 0.251 e. The van der Waals surface area contributed by atoms with Crippen molar-refractivity contribution in [3.05, 3.63) is 56.2 Å². The molecule has 5 heteroatoms. The Morgan fingerprint density at radius 2 is 2.05 bits per heavy atom. The summed E-state index contributed by atoms with van der Waals surface area (Å²) in [4.78, 5) is 13.2. The van der Waals surface area contributed by atoms with Gasteiger partial charge >= 0.3 is 0 Å². The first-order valence-electron chi connectivity index (χ1n) is 6.64. The van der Waals surface area contributed by atoms with Crippen molar-refractivity contribution >= 4 is 28.8 Å². The predicted octanol–water partition coefficient (Wildman–Crippen LogP) is 4.14. The van der Waals surface area contributed by atoms with Crippen molar-refractivity contribution in [3.63, 3.8) is 0 Å². The zero-order chi connectivity index (χ0) is 15.4. The first-order valence-corrected chi connectivity index (χ1v) is 7.84. The summed E-state index contributed by atoms with van der Waals surface area (Å²) in [7, 11) is 1.63. The highest BCUT2D eigenvalue weighted by Crippen LogP contribution is 2.28. The van der Waals surface area contributed by atoms with Crippen LogP contribution in [-0.4, -0.2) is 19.6 Å². The van der Waals surface area contributed by atoms with Crippen LogP contribution in [0.4, 0.5) is 0 Å². The molecule has 0 bridgehead atoms. The smallest absolute Gasteiger partial charge is 0.251 e. The third-order valence-corrected chi connectivity index (χ3v) is 4.74. The number of hydrogen-bond acceptors (Lipinski definition) is 3. The Morgan fingerprint density at radius 1 is 1.29 bits per heavy atom. The van der Waals surface area contributed by atoms with E-state index in [4.69, 9.17) is 16.3 Å². The number of halogens is 1. The molecule has 0 aliphatic rings. The second-order valence-corrected chi connectivity index (χ2v) is 6.62. The van der Waals surface area contributed by atoms with Gasteiger partial charge in [-0.25, -0.2) is 0 Å². The molecule has 0 radical (unpaired) electrons. The minimum atomic E-state index is -0.182. The van der Waals surface area contributed by atoms with Gasteiger partial charge in [-0.05, 0) is 49.2 Å². The molecule has 0 fully saturated rings. The summed E-state index contributed by atoms with van der Waals surface area (Å²) in [6.45, 7) is 4.44. The van der Waals surface area contributed by atoms with Gasteiger partial charge in [-0.2, -0.15) is 0 Å². The third kappa shape index (κ3) is 4.06. The van der Waals surface area contributed by atoms with Gasteiger partial charge in [-0.15, -0.1) is 11.3 Å². The molecule has 0 aliphatic heterocycles. The van der Waals surface area contributed by atoms with Crippen LogP contribution in [0.2, 0.25) is 4.34 Å². The molecule has 2 aromatic rings. The zero-order valence-electron chi connectivity index (χ0n) is 12.3. The summed E-state index contributed by atoms with van der Waals surface area (Å²) >= 11 is 7.39. The van der Waals surface area contributed by atoms with E-state index >= 15 is 0 Å². The topological polar surface area (TPSA) is 38.3 Å². The number of rotatable bonds is 5. The number of thiophene rings is 1. The Labute approximate surface area is 133 Å². The van der Waals surface area contributed by atoms with Crippen molar-refractivity contribution in [2.24, 2.45) is 0 Å². The van der Waals surface area contributed by atoms with Gasteiger partial charge in [-0.3, -0.25) is 4.79 Å². The second kappa shape index (κ2) is 7.07. The molecule has 1 atom stereocenters. The summed E-state index contributed by atoms with van der Waals surface area (Å²) in [6, 6.07) is 9.44. The monoisotopic (exact) mass is 323 g/mol. The van der Waals surface area contributed by atoms with Crippen molar-refractivity contribution < 1.29 is 9.53 Å².